The SMILES string of the molecule is CCn1cc([N+](=O)[O-])c(C(=O)Nn2c(C)nc3sc4c(c3c2=O)CCCC4)n1. The minimum Gasteiger partial charge on any atom is -0.267 e. The molecule has 3 aromatic heterocycles. The predicted molar refractivity (Wildman–Crippen MR) is 104 cm³/mol. The number of hydrogen-bond donors (Lipinski definition) is 1. The lowest BCUT2D eigenvalue weighted by Crippen LogP contribution is -2.36. The summed E-state index contributed by atoms with van der Waals surface area (Å²) >= 11 is 1.52. The van der Waals surface area contributed by atoms with Crippen LogP contribution in [0.15, 0.2) is 11.0 Å². The molecule has 28 heavy (non-hydrogen) atoms. The molecule has 0 aromatic carbocycles. The number of rotatable bonds is 4. The third-order valence-electron chi connectivity index (χ3n) is 4.85. The van der Waals surface area contributed by atoms with E-state index < -0.39 is 16.5 Å². The Balaban J connectivity index is 1.78. The van der Waals surface area contributed by atoms with Crippen LogP contribution in [0.25, 0.3) is 10.2 Å². The number of amides is 1. The van der Waals surface area contributed by atoms with Gasteiger partial charge in [0.2, 0.25) is 5.69 Å². The minimum absolute atomic E-state index is 0.307. The normalized spacial score (nSPS) is 13.5. The predicted octanol–water partition coefficient (Wildman–Crippen LogP) is 2.15. The lowest BCUT2D eigenvalue weighted by Gasteiger charge is -2.12. The molecule has 0 radical (unpaired) electrons. The van der Waals surface area contributed by atoms with E-state index in [0.717, 1.165) is 35.9 Å². The van der Waals surface area contributed by atoms with Crippen LogP contribution in [0.4, 0.5) is 5.69 Å². The summed E-state index contributed by atoms with van der Waals surface area (Å²) in [5.74, 6) is -0.517. The van der Waals surface area contributed by atoms with Crippen LogP contribution >= 0.6 is 11.3 Å². The van der Waals surface area contributed by atoms with Crippen molar-refractivity contribution >= 4 is 33.1 Å². The summed E-state index contributed by atoms with van der Waals surface area (Å²) < 4.78 is 2.36. The zero-order valence-corrected chi connectivity index (χ0v) is 16.2. The summed E-state index contributed by atoms with van der Waals surface area (Å²) in [5, 5.41) is 15.7. The van der Waals surface area contributed by atoms with Gasteiger partial charge in [0, 0.05) is 11.4 Å². The highest BCUT2D eigenvalue weighted by atomic mass is 32.1. The standard InChI is InChI=1S/C17H18N6O4S/c1-3-21-8-11(23(26)27)14(19-21)15(24)20-22-9(2)18-16-13(17(22)25)10-6-4-5-7-12(10)28-16/h8H,3-7H2,1-2H3,(H,20,24). The lowest BCUT2D eigenvalue weighted by atomic mass is 9.97. The van der Waals surface area contributed by atoms with Gasteiger partial charge in [0.25, 0.3) is 11.5 Å². The monoisotopic (exact) mass is 402 g/mol. The molecule has 0 bridgehead atoms. The Bertz CT molecular complexity index is 1170. The number of aryl methyl sites for hydroxylation is 4. The van der Waals surface area contributed by atoms with Crippen LogP contribution in [0.5, 0.6) is 0 Å². The summed E-state index contributed by atoms with van der Waals surface area (Å²) in [6.45, 7) is 3.74. The minimum atomic E-state index is -0.825. The van der Waals surface area contributed by atoms with Crippen molar-refractivity contribution in [3.05, 3.63) is 48.6 Å². The van der Waals surface area contributed by atoms with Crippen molar-refractivity contribution in [3.63, 3.8) is 0 Å². The maximum Gasteiger partial charge on any atom is 0.320 e. The number of nitrogens with one attached hydrogen (secondary N) is 1. The average Bonchev–Trinajstić information content (AvgIpc) is 3.26. The quantitative estimate of drug-likeness (QED) is 0.526. The Morgan fingerprint density at radius 3 is 2.86 bits per heavy atom. The first-order valence-corrected chi connectivity index (χ1v) is 9.79. The number of thiophene rings is 1. The van der Waals surface area contributed by atoms with Gasteiger partial charge in [0.05, 0.1) is 10.3 Å². The molecule has 0 aliphatic heterocycles. The van der Waals surface area contributed by atoms with E-state index >= 15 is 0 Å². The van der Waals surface area contributed by atoms with Crippen molar-refractivity contribution < 1.29 is 9.72 Å². The number of carbonyl (C=O) groups excluding carboxylic acids is 1. The van der Waals surface area contributed by atoms with E-state index in [1.165, 1.54) is 27.1 Å². The fourth-order valence-corrected chi connectivity index (χ4v) is 4.76. The van der Waals surface area contributed by atoms with Gasteiger partial charge < -0.3 is 0 Å². The van der Waals surface area contributed by atoms with Gasteiger partial charge in [-0.1, -0.05) is 0 Å². The van der Waals surface area contributed by atoms with Crippen LogP contribution in [0.3, 0.4) is 0 Å². The third kappa shape index (κ3) is 2.87. The summed E-state index contributed by atoms with van der Waals surface area (Å²) in [6.07, 6.45) is 5.05. The fourth-order valence-electron chi connectivity index (χ4n) is 3.46. The Kier molecular flexibility index (Phi) is 4.46. The molecule has 10 nitrogen and oxygen atoms in total. The summed E-state index contributed by atoms with van der Waals surface area (Å²) in [4.78, 5) is 42.6. The number of carbonyl (C=O) groups is 1. The molecule has 0 spiro atoms. The molecule has 0 unspecified atom stereocenters. The first-order chi connectivity index (χ1) is 13.4. The van der Waals surface area contributed by atoms with Crippen molar-refractivity contribution in [2.45, 2.75) is 46.1 Å². The number of aromatic nitrogens is 4. The topological polar surface area (TPSA) is 125 Å². The Hall–Kier alpha value is -3.08. The van der Waals surface area contributed by atoms with Crippen molar-refractivity contribution in [3.8, 4) is 0 Å². The lowest BCUT2D eigenvalue weighted by molar-refractivity contribution is -0.385. The number of nitro groups is 1. The molecular formula is C17H18N6O4S. The molecule has 0 saturated carbocycles. The largest absolute Gasteiger partial charge is 0.320 e. The van der Waals surface area contributed by atoms with E-state index in [2.05, 4.69) is 15.5 Å². The van der Waals surface area contributed by atoms with E-state index in [-0.39, 0.29) is 11.3 Å². The second kappa shape index (κ2) is 6.82. The van der Waals surface area contributed by atoms with Crippen molar-refractivity contribution in [1.82, 2.24) is 19.4 Å². The number of hydrogen-bond acceptors (Lipinski definition) is 7. The van der Waals surface area contributed by atoms with Crippen LogP contribution in [-0.2, 0) is 19.4 Å². The molecule has 0 atom stereocenters. The zero-order valence-electron chi connectivity index (χ0n) is 15.4. The maximum atomic E-state index is 13.1. The molecule has 0 saturated heterocycles. The van der Waals surface area contributed by atoms with Crippen LogP contribution in [0.2, 0.25) is 0 Å². The first kappa shape index (κ1) is 18.3. The molecule has 11 heteroatoms. The summed E-state index contributed by atoms with van der Waals surface area (Å²) in [6, 6.07) is 0. The van der Waals surface area contributed by atoms with Crippen molar-refractivity contribution in [1.29, 1.82) is 0 Å². The maximum absolute atomic E-state index is 13.1. The molecule has 3 aromatic rings. The fraction of sp³-hybridized carbons (Fsp3) is 0.412. The third-order valence-corrected chi connectivity index (χ3v) is 6.03. The van der Waals surface area contributed by atoms with Gasteiger partial charge in [-0.15, -0.1) is 11.3 Å². The van der Waals surface area contributed by atoms with Crippen LogP contribution in [0.1, 0.15) is 46.5 Å². The molecule has 1 aliphatic carbocycles. The highest BCUT2D eigenvalue weighted by Gasteiger charge is 2.27. The van der Waals surface area contributed by atoms with Crippen molar-refractivity contribution in [2.24, 2.45) is 0 Å². The van der Waals surface area contributed by atoms with Crippen LogP contribution in [0, 0.1) is 17.0 Å². The molecule has 146 valence electrons. The molecular weight excluding hydrogens is 384 g/mol. The zero-order chi connectivity index (χ0) is 20.0. The van der Waals surface area contributed by atoms with Gasteiger partial charge in [-0.3, -0.25) is 29.8 Å². The van der Waals surface area contributed by atoms with Gasteiger partial charge in [-0.2, -0.15) is 5.10 Å². The van der Waals surface area contributed by atoms with E-state index in [1.807, 2.05) is 0 Å². The van der Waals surface area contributed by atoms with E-state index in [0.29, 0.717) is 22.6 Å². The Morgan fingerprint density at radius 1 is 1.39 bits per heavy atom. The van der Waals surface area contributed by atoms with Crippen LogP contribution in [-0.4, -0.2) is 30.3 Å². The Labute approximate surface area is 162 Å². The van der Waals surface area contributed by atoms with Crippen LogP contribution < -0.4 is 11.0 Å². The van der Waals surface area contributed by atoms with E-state index in [1.54, 1.807) is 13.8 Å². The molecule has 1 aliphatic rings. The summed E-state index contributed by atoms with van der Waals surface area (Å²) in [5.41, 5.74) is 2.33. The highest BCUT2D eigenvalue weighted by molar-refractivity contribution is 7.18. The smallest absolute Gasteiger partial charge is 0.267 e. The molecule has 1 amide bonds. The summed E-state index contributed by atoms with van der Waals surface area (Å²) in [7, 11) is 0. The molecule has 1 N–H and O–H groups in total. The van der Waals surface area contributed by atoms with Gasteiger partial charge >= 0.3 is 5.69 Å². The van der Waals surface area contributed by atoms with Gasteiger partial charge in [0.15, 0.2) is 0 Å². The number of fused-ring (bicyclic) bond motifs is 3. The second-order valence-corrected chi connectivity index (χ2v) is 7.69. The Morgan fingerprint density at radius 2 is 2.14 bits per heavy atom. The van der Waals surface area contributed by atoms with E-state index in [4.69, 9.17) is 0 Å². The van der Waals surface area contributed by atoms with Crippen molar-refractivity contribution in [2.75, 3.05) is 5.43 Å². The van der Waals surface area contributed by atoms with Gasteiger partial charge in [-0.25, -0.2) is 9.66 Å². The first-order valence-electron chi connectivity index (χ1n) is 8.97. The highest BCUT2D eigenvalue weighted by Crippen LogP contribution is 2.33. The average molecular weight is 402 g/mol. The molecule has 0 fully saturated rings. The van der Waals surface area contributed by atoms with Gasteiger partial charge in [-0.05, 0) is 45.1 Å². The van der Waals surface area contributed by atoms with E-state index in [9.17, 15) is 19.7 Å². The van der Waals surface area contributed by atoms with Gasteiger partial charge in [0.1, 0.15) is 16.9 Å². The molecule has 4 rings (SSSR count). The molecule has 3 heterocycles. The second-order valence-electron chi connectivity index (χ2n) is 6.61. The number of nitrogens with zero attached hydrogens (tertiary/aromatic N) is 5.